The van der Waals surface area contributed by atoms with Crippen molar-refractivity contribution < 1.29 is 28.5 Å². The van der Waals surface area contributed by atoms with Crippen molar-refractivity contribution in [1.29, 1.82) is 0 Å². The van der Waals surface area contributed by atoms with E-state index in [1.807, 2.05) is 12.1 Å². The lowest BCUT2D eigenvalue weighted by molar-refractivity contribution is 0.0978. The van der Waals surface area contributed by atoms with Crippen LogP contribution in [0, 0.1) is 0 Å². The van der Waals surface area contributed by atoms with Crippen molar-refractivity contribution in [3.63, 3.8) is 0 Å². The molecule has 0 spiro atoms. The topological polar surface area (TPSA) is 71.1 Å². The van der Waals surface area contributed by atoms with Gasteiger partial charge in [-0.25, -0.2) is 0 Å². The summed E-state index contributed by atoms with van der Waals surface area (Å²) in [5.41, 5.74) is 7.07. The Bertz CT molecular complexity index is 1440. The Balaban J connectivity index is 0.000000156. The smallest absolute Gasteiger partial charge is 0.194 e. The van der Waals surface area contributed by atoms with Gasteiger partial charge in [0, 0.05) is 22.3 Å². The number of hydrogen-bond donors (Lipinski definition) is 0. The highest BCUT2D eigenvalue weighted by molar-refractivity contribution is 6.28. The standard InChI is InChI=1S/C16H12O4.C16H16O2/c1-19-9-3-5-11-13(7-9)15(17)12-6-4-10(20-2)8-14(12)16(11)18;1-17-15-5-3-11-8-14-10-16(18-2)6-4-12(14)7-13(11)9-15/h3-8H,1-2H3;3-6,9-10H,7-8H2,1-2H3. The van der Waals surface area contributed by atoms with Crippen LogP contribution in [-0.2, 0) is 12.8 Å². The Morgan fingerprint density at radius 3 is 1.13 bits per heavy atom. The van der Waals surface area contributed by atoms with Crippen molar-refractivity contribution in [2.24, 2.45) is 0 Å². The highest BCUT2D eigenvalue weighted by atomic mass is 16.5. The number of ketones is 2. The molecule has 0 unspecified atom stereocenters. The molecule has 4 aromatic carbocycles. The van der Waals surface area contributed by atoms with Crippen LogP contribution in [0.4, 0.5) is 0 Å². The van der Waals surface area contributed by atoms with E-state index < -0.39 is 0 Å². The van der Waals surface area contributed by atoms with E-state index in [2.05, 4.69) is 24.3 Å². The van der Waals surface area contributed by atoms with Crippen molar-refractivity contribution in [3.05, 3.63) is 117 Å². The third-order valence-corrected chi connectivity index (χ3v) is 7.02. The van der Waals surface area contributed by atoms with E-state index >= 15 is 0 Å². The Hall–Kier alpha value is -4.58. The highest BCUT2D eigenvalue weighted by Crippen LogP contribution is 2.33. The molecule has 0 aliphatic heterocycles. The van der Waals surface area contributed by atoms with Gasteiger partial charge in [0.2, 0.25) is 0 Å². The molecular formula is C32H28O6. The van der Waals surface area contributed by atoms with Gasteiger partial charge in [-0.3, -0.25) is 9.59 Å². The third-order valence-electron chi connectivity index (χ3n) is 7.02. The number of fused-ring (bicyclic) bond motifs is 4. The van der Waals surface area contributed by atoms with Crippen LogP contribution in [0.1, 0.15) is 54.1 Å². The summed E-state index contributed by atoms with van der Waals surface area (Å²) in [5.74, 6) is 2.65. The monoisotopic (exact) mass is 508 g/mol. The molecule has 38 heavy (non-hydrogen) atoms. The Morgan fingerprint density at radius 2 is 0.763 bits per heavy atom. The van der Waals surface area contributed by atoms with Gasteiger partial charge in [0.15, 0.2) is 11.6 Å². The molecule has 6 heteroatoms. The van der Waals surface area contributed by atoms with E-state index in [9.17, 15) is 9.59 Å². The minimum absolute atomic E-state index is 0.170. The SMILES string of the molecule is COc1ccc2c(c1)C(=O)c1ccc(OC)cc1C2=O.COc1ccc2c(c1)Cc1ccc(OC)cc1C2. The second-order valence-corrected chi connectivity index (χ2v) is 9.10. The van der Waals surface area contributed by atoms with E-state index in [0.29, 0.717) is 33.8 Å². The van der Waals surface area contributed by atoms with Crippen LogP contribution in [0.2, 0.25) is 0 Å². The lowest BCUT2D eigenvalue weighted by Crippen LogP contribution is -2.20. The van der Waals surface area contributed by atoms with Crippen LogP contribution in [0.3, 0.4) is 0 Å². The van der Waals surface area contributed by atoms with Crippen molar-refractivity contribution in [2.75, 3.05) is 28.4 Å². The van der Waals surface area contributed by atoms with Crippen molar-refractivity contribution in [3.8, 4) is 23.0 Å². The first-order valence-electron chi connectivity index (χ1n) is 12.2. The molecule has 192 valence electrons. The van der Waals surface area contributed by atoms with Gasteiger partial charge in [0.1, 0.15) is 23.0 Å². The summed E-state index contributed by atoms with van der Waals surface area (Å²) < 4.78 is 20.8. The summed E-state index contributed by atoms with van der Waals surface area (Å²) in [6, 6.07) is 22.5. The number of hydrogen-bond acceptors (Lipinski definition) is 6. The highest BCUT2D eigenvalue weighted by Gasteiger charge is 2.30. The van der Waals surface area contributed by atoms with Crippen molar-refractivity contribution in [1.82, 2.24) is 0 Å². The molecule has 0 amide bonds. The number of benzene rings is 4. The molecule has 0 saturated carbocycles. The van der Waals surface area contributed by atoms with Crippen LogP contribution in [0.15, 0.2) is 72.8 Å². The molecule has 0 saturated heterocycles. The number of methoxy groups -OCH3 is 4. The van der Waals surface area contributed by atoms with Gasteiger partial charge in [0.25, 0.3) is 0 Å². The first-order chi connectivity index (χ1) is 18.4. The molecule has 2 aliphatic rings. The fraction of sp³-hybridized carbons (Fsp3) is 0.188. The van der Waals surface area contributed by atoms with E-state index in [0.717, 1.165) is 24.3 Å². The van der Waals surface area contributed by atoms with Crippen molar-refractivity contribution in [2.45, 2.75) is 12.8 Å². The number of ether oxygens (including phenoxy) is 4. The minimum atomic E-state index is -0.170. The van der Waals surface area contributed by atoms with Crippen molar-refractivity contribution >= 4 is 11.6 Å². The first kappa shape index (κ1) is 25.1. The number of rotatable bonds is 4. The summed E-state index contributed by atoms with van der Waals surface area (Å²) in [6.07, 6.45) is 1.96. The zero-order valence-corrected chi connectivity index (χ0v) is 21.8. The lowest BCUT2D eigenvalue weighted by Gasteiger charge is -2.20. The van der Waals surface area contributed by atoms with Gasteiger partial charge < -0.3 is 18.9 Å². The minimum Gasteiger partial charge on any atom is -0.497 e. The zero-order valence-electron chi connectivity index (χ0n) is 21.8. The summed E-state index contributed by atoms with van der Waals surface area (Å²) in [5, 5.41) is 0. The zero-order chi connectivity index (χ0) is 26.8. The molecule has 6 nitrogen and oxygen atoms in total. The van der Waals surface area contributed by atoms with Crippen LogP contribution in [0.25, 0.3) is 0 Å². The second kappa shape index (κ2) is 10.4. The number of carbonyl (C=O) groups excluding carboxylic acids is 2. The van der Waals surface area contributed by atoms with Crippen LogP contribution in [0.5, 0.6) is 23.0 Å². The van der Waals surface area contributed by atoms with Gasteiger partial charge in [-0.05, 0) is 95.8 Å². The molecule has 2 aliphatic carbocycles. The fourth-order valence-electron chi connectivity index (χ4n) is 4.91. The summed E-state index contributed by atoms with van der Waals surface area (Å²) >= 11 is 0. The van der Waals surface area contributed by atoms with E-state index in [1.165, 1.54) is 36.5 Å². The Kier molecular flexibility index (Phi) is 6.88. The molecule has 0 atom stereocenters. The van der Waals surface area contributed by atoms with E-state index in [-0.39, 0.29) is 11.6 Å². The molecule has 4 aromatic rings. The first-order valence-corrected chi connectivity index (χ1v) is 12.2. The van der Waals surface area contributed by atoms with Crippen LogP contribution in [-0.4, -0.2) is 40.0 Å². The molecule has 6 rings (SSSR count). The molecule has 0 fully saturated rings. The molecule has 0 aromatic heterocycles. The predicted molar refractivity (Wildman–Crippen MR) is 144 cm³/mol. The van der Waals surface area contributed by atoms with Gasteiger partial charge in [-0.2, -0.15) is 0 Å². The largest absolute Gasteiger partial charge is 0.497 e. The summed E-state index contributed by atoms with van der Waals surface area (Å²) in [6.45, 7) is 0. The summed E-state index contributed by atoms with van der Waals surface area (Å²) in [4.78, 5) is 24.9. The Labute approximate surface area is 221 Å². The van der Waals surface area contributed by atoms with Gasteiger partial charge in [0.05, 0.1) is 28.4 Å². The molecule has 0 radical (unpaired) electrons. The van der Waals surface area contributed by atoms with Gasteiger partial charge >= 0.3 is 0 Å². The van der Waals surface area contributed by atoms with Gasteiger partial charge in [-0.1, -0.05) is 12.1 Å². The quantitative estimate of drug-likeness (QED) is 0.305. The third kappa shape index (κ3) is 4.61. The Morgan fingerprint density at radius 1 is 0.421 bits per heavy atom. The molecule has 0 heterocycles. The predicted octanol–water partition coefficient (Wildman–Crippen LogP) is 5.68. The van der Waals surface area contributed by atoms with Crippen LogP contribution >= 0.6 is 0 Å². The molecule has 0 N–H and O–H groups in total. The lowest BCUT2D eigenvalue weighted by atomic mass is 9.84. The maximum absolute atomic E-state index is 12.5. The van der Waals surface area contributed by atoms with E-state index in [1.54, 1.807) is 50.6 Å². The normalized spacial score (nSPS) is 12.6. The van der Waals surface area contributed by atoms with Gasteiger partial charge in [-0.15, -0.1) is 0 Å². The van der Waals surface area contributed by atoms with E-state index in [4.69, 9.17) is 18.9 Å². The molecule has 0 bridgehead atoms. The average molecular weight is 509 g/mol. The fourth-order valence-corrected chi connectivity index (χ4v) is 4.91. The number of carbonyl (C=O) groups is 2. The second-order valence-electron chi connectivity index (χ2n) is 9.10. The van der Waals surface area contributed by atoms with Crippen LogP contribution < -0.4 is 18.9 Å². The summed E-state index contributed by atoms with van der Waals surface area (Å²) in [7, 11) is 6.47. The molecular weight excluding hydrogens is 480 g/mol. The maximum Gasteiger partial charge on any atom is 0.194 e. The maximum atomic E-state index is 12.5. The average Bonchev–Trinajstić information content (AvgIpc) is 2.97.